The summed E-state index contributed by atoms with van der Waals surface area (Å²) in [4.78, 5) is 14.4. The Balaban J connectivity index is 2.80. The third-order valence-corrected chi connectivity index (χ3v) is 3.37. The number of anilines is 1. The molecule has 118 valence electrons. The number of amides is 1. The van der Waals surface area contributed by atoms with E-state index in [0.29, 0.717) is 31.9 Å². The number of nitrogens with zero attached hydrogens (tertiary/aromatic N) is 1. The van der Waals surface area contributed by atoms with E-state index in [1.807, 2.05) is 37.1 Å². The van der Waals surface area contributed by atoms with E-state index in [1.54, 1.807) is 14.2 Å². The Hall–Kier alpha value is -1.59. The first-order valence-electron chi connectivity index (χ1n) is 7.19. The van der Waals surface area contributed by atoms with Crippen molar-refractivity contribution in [2.75, 3.05) is 52.9 Å². The van der Waals surface area contributed by atoms with Gasteiger partial charge >= 0.3 is 0 Å². The van der Waals surface area contributed by atoms with Crippen LogP contribution in [0.1, 0.15) is 22.3 Å². The molecule has 5 nitrogen and oxygen atoms in total. The van der Waals surface area contributed by atoms with Gasteiger partial charge in [-0.05, 0) is 37.1 Å². The van der Waals surface area contributed by atoms with E-state index in [1.165, 1.54) is 0 Å². The third kappa shape index (κ3) is 5.36. The van der Waals surface area contributed by atoms with Gasteiger partial charge in [-0.2, -0.15) is 0 Å². The molecule has 0 unspecified atom stereocenters. The molecule has 0 atom stereocenters. The van der Waals surface area contributed by atoms with Crippen LogP contribution in [-0.2, 0) is 9.47 Å². The van der Waals surface area contributed by atoms with Gasteiger partial charge in [0.25, 0.3) is 5.91 Å². The van der Waals surface area contributed by atoms with Gasteiger partial charge in [-0.15, -0.1) is 0 Å². The van der Waals surface area contributed by atoms with Crippen LogP contribution < -0.4 is 5.32 Å². The first kappa shape index (κ1) is 17.5. The molecule has 0 spiro atoms. The van der Waals surface area contributed by atoms with E-state index in [0.717, 1.165) is 17.7 Å². The van der Waals surface area contributed by atoms with E-state index in [2.05, 4.69) is 5.32 Å². The van der Waals surface area contributed by atoms with Gasteiger partial charge < -0.3 is 19.7 Å². The number of benzene rings is 1. The second-order valence-electron chi connectivity index (χ2n) is 4.91. The molecule has 1 N–H and O–H groups in total. The monoisotopic (exact) mass is 294 g/mol. The first-order chi connectivity index (χ1) is 10.1. The Bertz CT molecular complexity index is 449. The highest BCUT2D eigenvalue weighted by Gasteiger charge is 2.16. The topological polar surface area (TPSA) is 50.8 Å². The molecule has 1 amide bonds. The van der Waals surface area contributed by atoms with Crippen molar-refractivity contribution in [3.05, 3.63) is 29.3 Å². The fourth-order valence-corrected chi connectivity index (χ4v) is 2.18. The SMILES string of the molecule is CNc1ccc(C(=O)N(CCCOC)CCOC)cc1C. The largest absolute Gasteiger partial charge is 0.388 e. The maximum absolute atomic E-state index is 12.6. The van der Waals surface area contributed by atoms with Gasteiger partial charge in [-0.25, -0.2) is 0 Å². The van der Waals surface area contributed by atoms with Gasteiger partial charge in [0, 0.05) is 52.2 Å². The van der Waals surface area contributed by atoms with E-state index in [-0.39, 0.29) is 5.91 Å². The van der Waals surface area contributed by atoms with Crippen molar-refractivity contribution in [1.29, 1.82) is 0 Å². The van der Waals surface area contributed by atoms with Crippen molar-refractivity contribution in [3.8, 4) is 0 Å². The highest BCUT2D eigenvalue weighted by Crippen LogP contribution is 2.17. The van der Waals surface area contributed by atoms with Crippen molar-refractivity contribution in [2.45, 2.75) is 13.3 Å². The van der Waals surface area contributed by atoms with E-state index >= 15 is 0 Å². The molecule has 0 aromatic heterocycles. The molecule has 0 saturated heterocycles. The van der Waals surface area contributed by atoms with Crippen molar-refractivity contribution in [3.63, 3.8) is 0 Å². The molecular formula is C16H26N2O3. The quantitative estimate of drug-likeness (QED) is 0.709. The predicted molar refractivity (Wildman–Crippen MR) is 85.0 cm³/mol. The van der Waals surface area contributed by atoms with E-state index in [4.69, 9.17) is 9.47 Å². The zero-order valence-electron chi connectivity index (χ0n) is 13.4. The minimum atomic E-state index is 0.0360. The number of nitrogens with one attached hydrogen (secondary N) is 1. The molecule has 0 bridgehead atoms. The lowest BCUT2D eigenvalue weighted by atomic mass is 10.1. The second-order valence-corrected chi connectivity index (χ2v) is 4.91. The number of aryl methyl sites for hydroxylation is 1. The predicted octanol–water partition coefficient (Wildman–Crippen LogP) is 2.16. The molecule has 0 heterocycles. The molecule has 5 heteroatoms. The van der Waals surface area contributed by atoms with Gasteiger partial charge in [-0.3, -0.25) is 4.79 Å². The van der Waals surface area contributed by atoms with E-state index < -0.39 is 0 Å². The molecule has 0 fully saturated rings. The summed E-state index contributed by atoms with van der Waals surface area (Å²) >= 11 is 0. The fourth-order valence-electron chi connectivity index (χ4n) is 2.18. The van der Waals surface area contributed by atoms with Crippen LogP contribution in [0, 0.1) is 6.92 Å². The summed E-state index contributed by atoms with van der Waals surface area (Å²) in [7, 11) is 5.18. The number of hydrogen-bond acceptors (Lipinski definition) is 4. The summed E-state index contributed by atoms with van der Waals surface area (Å²) in [6, 6.07) is 5.72. The molecular weight excluding hydrogens is 268 g/mol. The van der Waals surface area contributed by atoms with Crippen LogP contribution in [0.3, 0.4) is 0 Å². The standard InChI is InChI=1S/C16H26N2O3/c1-13-12-14(6-7-15(13)17-2)16(19)18(9-11-21-4)8-5-10-20-3/h6-7,12,17H,5,8-11H2,1-4H3. The van der Waals surface area contributed by atoms with Crippen LogP contribution >= 0.6 is 0 Å². The summed E-state index contributed by atoms with van der Waals surface area (Å²) < 4.78 is 10.1. The fraction of sp³-hybridized carbons (Fsp3) is 0.562. The molecule has 0 saturated carbocycles. The second kappa shape index (κ2) is 9.37. The average Bonchev–Trinajstić information content (AvgIpc) is 2.50. The molecule has 1 aromatic carbocycles. The summed E-state index contributed by atoms with van der Waals surface area (Å²) in [6.07, 6.45) is 0.819. The Morgan fingerprint density at radius 2 is 1.90 bits per heavy atom. The summed E-state index contributed by atoms with van der Waals surface area (Å²) in [5, 5.41) is 3.11. The van der Waals surface area contributed by atoms with Gasteiger partial charge in [0.1, 0.15) is 0 Å². The molecule has 1 rings (SSSR count). The highest BCUT2D eigenvalue weighted by atomic mass is 16.5. The Morgan fingerprint density at radius 1 is 1.19 bits per heavy atom. The smallest absolute Gasteiger partial charge is 0.253 e. The van der Waals surface area contributed by atoms with Gasteiger partial charge in [-0.1, -0.05) is 0 Å². The number of hydrogen-bond donors (Lipinski definition) is 1. The maximum atomic E-state index is 12.6. The lowest BCUT2D eigenvalue weighted by Gasteiger charge is -2.23. The molecule has 21 heavy (non-hydrogen) atoms. The molecule has 0 aliphatic carbocycles. The lowest BCUT2D eigenvalue weighted by molar-refractivity contribution is 0.0674. The first-order valence-corrected chi connectivity index (χ1v) is 7.19. The zero-order chi connectivity index (χ0) is 15.7. The van der Waals surface area contributed by atoms with Crippen LogP contribution in [0.4, 0.5) is 5.69 Å². The Kier molecular flexibility index (Phi) is 7.79. The van der Waals surface area contributed by atoms with Crippen molar-refractivity contribution in [2.24, 2.45) is 0 Å². The van der Waals surface area contributed by atoms with Crippen molar-refractivity contribution in [1.82, 2.24) is 4.90 Å². The minimum Gasteiger partial charge on any atom is -0.388 e. The van der Waals surface area contributed by atoms with Crippen molar-refractivity contribution < 1.29 is 14.3 Å². The molecule has 0 aliphatic rings. The number of carbonyl (C=O) groups is 1. The summed E-state index contributed by atoms with van der Waals surface area (Å²) in [5.74, 6) is 0.0360. The van der Waals surface area contributed by atoms with Crippen LogP contribution in [0.5, 0.6) is 0 Å². The number of ether oxygens (including phenoxy) is 2. The zero-order valence-corrected chi connectivity index (χ0v) is 13.4. The maximum Gasteiger partial charge on any atom is 0.253 e. The van der Waals surface area contributed by atoms with Crippen LogP contribution in [0.2, 0.25) is 0 Å². The number of carbonyl (C=O) groups excluding carboxylic acids is 1. The van der Waals surface area contributed by atoms with Crippen LogP contribution in [0.25, 0.3) is 0 Å². The normalized spacial score (nSPS) is 10.5. The number of rotatable bonds is 9. The minimum absolute atomic E-state index is 0.0360. The third-order valence-electron chi connectivity index (χ3n) is 3.37. The lowest BCUT2D eigenvalue weighted by Crippen LogP contribution is -2.35. The number of methoxy groups -OCH3 is 2. The molecule has 0 radical (unpaired) electrons. The highest BCUT2D eigenvalue weighted by molar-refractivity contribution is 5.95. The Labute approximate surface area is 127 Å². The average molecular weight is 294 g/mol. The summed E-state index contributed by atoms with van der Waals surface area (Å²) in [6.45, 7) is 4.43. The van der Waals surface area contributed by atoms with Gasteiger partial charge in [0.05, 0.1) is 6.61 Å². The molecule has 1 aromatic rings. The molecule has 0 aliphatic heterocycles. The summed E-state index contributed by atoms with van der Waals surface area (Å²) in [5.41, 5.74) is 2.81. The Morgan fingerprint density at radius 3 is 2.48 bits per heavy atom. The van der Waals surface area contributed by atoms with Gasteiger partial charge in [0.2, 0.25) is 0 Å². The van der Waals surface area contributed by atoms with Crippen LogP contribution in [0.15, 0.2) is 18.2 Å². The van der Waals surface area contributed by atoms with E-state index in [9.17, 15) is 4.79 Å². The van der Waals surface area contributed by atoms with Crippen LogP contribution in [-0.4, -0.2) is 58.4 Å². The van der Waals surface area contributed by atoms with Crippen molar-refractivity contribution >= 4 is 11.6 Å². The van der Waals surface area contributed by atoms with Gasteiger partial charge in [0.15, 0.2) is 0 Å².